The Morgan fingerprint density at radius 3 is 2.23 bits per heavy atom. The minimum atomic E-state index is -0.403. The number of aliphatic hydroxyl groups excluding tert-OH is 1. The summed E-state index contributed by atoms with van der Waals surface area (Å²) in [6.45, 7) is 12.3. The second-order valence-electron chi connectivity index (χ2n) is 7.14. The fourth-order valence-electron chi connectivity index (χ4n) is 2.67. The Labute approximate surface area is 134 Å². The summed E-state index contributed by atoms with van der Waals surface area (Å²) in [5, 5.41) is 10.1. The molecule has 0 unspecified atom stereocenters. The molecule has 4 nitrogen and oxygen atoms in total. The molecule has 0 amide bonds. The van der Waals surface area contributed by atoms with Gasteiger partial charge in [0.1, 0.15) is 0 Å². The van der Waals surface area contributed by atoms with Crippen molar-refractivity contribution in [2.24, 2.45) is 0 Å². The van der Waals surface area contributed by atoms with Crippen LogP contribution in [0.3, 0.4) is 0 Å². The average molecular weight is 306 g/mol. The minimum Gasteiger partial charge on any atom is -0.389 e. The first-order valence-corrected chi connectivity index (χ1v) is 8.23. The van der Waals surface area contributed by atoms with Crippen LogP contribution in [0.2, 0.25) is 0 Å². The van der Waals surface area contributed by atoms with Gasteiger partial charge in [-0.3, -0.25) is 9.80 Å². The molecule has 1 atom stereocenters. The Hall–Kier alpha value is -0.940. The van der Waals surface area contributed by atoms with E-state index in [0.29, 0.717) is 13.2 Å². The zero-order chi connectivity index (χ0) is 16.0. The van der Waals surface area contributed by atoms with Gasteiger partial charge in [-0.05, 0) is 26.3 Å². The molecule has 0 aromatic heterocycles. The van der Waals surface area contributed by atoms with Gasteiger partial charge in [0.2, 0.25) is 0 Å². The summed E-state index contributed by atoms with van der Waals surface area (Å²) >= 11 is 0. The van der Waals surface area contributed by atoms with Gasteiger partial charge in [-0.25, -0.2) is 0 Å². The molecule has 0 bridgehead atoms. The topological polar surface area (TPSA) is 35.9 Å². The molecule has 2 rings (SSSR count). The van der Waals surface area contributed by atoms with Gasteiger partial charge < -0.3 is 9.84 Å². The number of hydrogen-bond donors (Lipinski definition) is 1. The molecule has 0 aliphatic carbocycles. The Bertz CT molecular complexity index is 422. The molecular formula is C18H30N2O2. The van der Waals surface area contributed by atoms with Gasteiger partial charge >= 0.3 is 0 Å². The monoisotopic (exact) mass is 306 g/mol. The zero-order valence-corrected chi connectivity index (χ0v) is 14.2. The van der Waals surface area contributed by atoms with E-state index in [-0.39, 0.29) is 5.60 Å². The Balaban J connectivity index is 1.66. The lowest BCUT2D eigenvalue weighted by Crippen LogP contribution is -2.48. The molecule has 1 aliphatic rings. The zero-order valence-electron chi connectivity index (χ0n) is 14.2. The normalized spacial score (nSPS) is 19.3. The molecule has 0 spiro atoms. The van der Waals surface area contributed by atoms with Crippen molar-refractivity contribution in [1.82, 2.24) is 9.80 Å². The molecular weight excluding hydrogens is 276 g/mol. The predicted octanol–water partition coefficient (Wildman–Crippen LogP) is 1.98. The first-order valence-electron chi connectivity index (χ1n) is 8.23. The Morgan fingerprint density at radius 2 is 1.64 bits per heavy atom. The maximum absolute atomic E-state index is 10.1. The highest BCUT2D eigenvalue weighted by molar-refractivity contribution is 5.14. The van der Waals surface area contributed by atoms with E-state index in [9.17, 15) is 5.11 Å². The Kier molecular flexibility index (Phi) is 6.38. The van der Waals surface area contributed by atoms with Crippen LogP contribution in [-0.4, -0.2) is 65.9 Å². The van der Waals surface area contributed by atoms with E-state index in [4.69, 9.17) is 4.74 Å². The van der Waals surface area contributed by atoms with E-state index in [1.165, 1.54) is 5.56 Å². The summed E-state index contributed by atoms with van der Waals surface area (Å²) in [7, 11) is 0. The van der Waals surface area contributed by atoms with Gasteiger partial charge in [-0.2, -0.15) is 0 Å². The van der Waals surface area contributed by atoms with Gasteiger partial charge in [-0.1, -0.05) is 30.3 Å². The first kappa shape index (κ1) is 17.4. The lowest BCUT2D eigenvalue weighted by Gasteiger charge is -2.36. The summed E-state index contributed by atoms with van der Waals surface area (Å²) in [5.74, 6) is 0. The van der Waals surface area contributed by atoms with Crippen molar-refractivity contribution in [3.63, 3.8) is 0 Å². The van der Waals surface area contributed by atoms with E-state index in [1.807, 2.05) is 20.8 Å². The number of nitrogens with zero attached hydrogens (tertiary/aromatic N) is 2. The van der Waals surface area contributed by atoms with Gasteiger partial charge in [0.15, 0.2) is 0 Å². The minimum absolute atomic E-state index is 0.185. The van der Waals surface area contributed by atoms with Crippen molar-refractivity contribution < 1.29 is 9.84 Å². The maximum atomic E-state index is 10.1. The fourth-order valence-corrected chi connectivity index (χ4v) is 2.67. The van der Waals surface area contributed by atoms with Crippen molar-refractivity contribution in [3.05, 3.63) is 35.9 Å². The SMILES string of the molecule is CC(C)(C)OC[C@@H](O)CN1CCN(Cc2ccccc2)CC1. The summed E-state index contributed by atoms with van der Waals surface area (Å²) in [6.07, 6.45) is -0.403. The van der Waals surface area contributed by atoms with E-state index in [2.05, 4.69) is 40.1 Å². The highest BCUT2D eigenvalue weighted by Crippen LogP contribution is 2.10. The summed E-state index contributed by atoms with van der Waals surface area (Å²) < 4.78 is 5.65. The highest BCUT2D eigenvalue weighted by Gasteiger charge is 2.20. The molecule has 1 aromatic carbocycles. The largest absolute Gasteiger partial charge is 0.389 e. The molecule has 4 heteroatoms. The molecule has 124 valence electrons. The molecule has 22 heavy (non-hydrogen) atoms. The molecule has 1 aliphatic heterocycles. The quantitative estimate of drug-likeness (QED) is 0.872. The highest BCUT2D eigenvalue weighted by atomic mass is 16.5. The van der Waals surface area contributed by atoms with Crippen molar-refractivity contribution in [3.8, 4) is 0 Å². The molecule has 1 fully saturated rings. The number of aliphatic hydroxyl groups is 1. The average Bonchev–Trinajstić information content (AvgIpc) is 2.48. The molecule has 1 saturated heterocycles. The third-order valence-corrected chi connectivity index (χ3v) is 3.89. The van der Waals surface area contributed by atoms with Crippen LogP contribution in [0.15, 0.2) is 30.3 Å². The van der Waals surface area contributed by atoms with E-state index >= 15 is 0 Å². The van der Waals surface area contributed by atoms with Gasteiger partial charge in [-0.15, -0.1) is 0 Å². The second-order valence-corrected chi connectivity index (χ2v) is 7.14. The predicted molar refractivity (Wildman–Crippen MR) is 89.9 cm³/mol. The van der Waals surface area contributed by atoms with Gasteiger partial charge in [0.25, 0.3) is 0 Å². The van der Waals surface area contributed by atoms with Crippen LogP contribution in [0.4, 0.5) is 0 Å². The number of rotatable bonds is 6. The lowest BCUT2D eigenvalue weighted by molar-refractivity contribution is -0.0587. The maximum Gasteiger partial charge on any atom is 0.0900 e. The van der Waals surface area contributed by atoms with Crippen LogP contribution in [0.5, 0.6) is 0 Å². The summed E-state index contributed by atoms with van der Waals surface area (Å²) in [5.41, 5.74) is 1.18. The molecule has 1 aromatic rings. The van der Waals surface area contributed by atoms with Crippen LogP contribution in [-0.2, 0) is 11.3 Å². The summed E-state index contributed by atoms with van der Waals surface area (Å²) in [6, 6.07) is 10.6. The van der Waals surface area contributed by atoms with Crippen LogP contribution in [0.25, 0.3) is 0 Å². The fraction of sp³-hybridized carbons (Fsp3) is 0.667. The first-order chi connectivity index (χ1) is 10.4. The van der Waals surface area contributed by atoms with Gasteiger partial charge in [0.05, 0.1) is 18.3 Å². The van der Waals surface area contributed by atoms with Crippen LogP contribution >= 0.6 is 0 Å². The van der Waals surface area contributed by atoms with Crippen molar-refractivity contribution in [2.45, 2.75) is 39.0 Å². The van der Waals surface area contributed by atoms with E-state index < -0.39 is 6.10 Å². The Morgan fingerprint density at radius 1 is 1.05 bits per heavy atom. The van der Waals surface area contributed by atoms with Crippen LogP contribution in [0, 0.1) is 0 Å². The molecule has 0 radical (unpaired) electrons. The lowest BCUT2D eigenvalue weighted by atomic mass is 10.2. The van der Waals surface area contributed by atoms with Gasteiger partial charge in [0, 0.05) is 39.3 Å². The number of ether oxygens (including phenoxy) is 1. The molecule has 1 heterocycles. The second kappa shape index (κ2) is 8.06. The van der Waals surface area contributed by atoms with Crippen molar-refractivity contribution in [2.75, 3.05) is 39.3 Å². The van der Waals surface area contributed by atoms with Crippen molar-refractivity contribution >= 4 is 0 Å². The number of benzene rings is 1. The van der Waals surface area contributed by atoms with E-state index in [0.717, 1.165) is 32.7 Å². The third-order valence-electron chi connectivity index (χ3n) is 3.89. The number of piperazine rings is 1. The van der Waals surface area contributed by atoms with E-state index in [1.54, 1.807) is 0 Å². The number of β-amino-alcohol motifs (C(OH)–C–C–N with tert-alkyl or cyclic N) is 1. The van der Waals surface area contributed by atoms with Crippen molar-refractivity contribution in [1.29, 1.82) is 0 Å². The number of hydrogen-bond acceptors (Lipinski definition) is 4. The smallest absolute Gasteiger partial charge is 0.0900 e. The summed E-state index contributed by atoms with van der Waals surface area (Å²) in [4.78, 5) is 4.81. The molecule has 0 saturated carbocycles. The van der Waals surface area contributed by atoms with Crippen LogP contribution in [0.1, 0.15) is 26.3 Å². The van der Waals surface area contributed by atoms with Crippen LogP contribution < -0.4 is 0 Å². The molecule has 1 N–H and O–H groups in total. The standard InChI is InChI=1S/C18H30N2O2/c1-18(2,3)22-15-17(21)14-20-11-9-19(10-12-20)13-16-7-5-4-6-8-16/h4-8,17,21H,9-15H2,1-3H3/t17-/m0/s1. The third kappa shape index (κ3) is 6.44.